The number of phenolic OH excluding ortho intramolecular Hbond substituents is 1. The fourth-order valence-corrected chi connectivity index (χ4v) is 4.18. The molecule has 37 heavy (non-hydrogen) atoms. The molecular weight excluding hydrogens is 476 g/mol. The Labute approximate surface area is 219 Å². The Morgan fingerprint density at radius 3 is 2.38 bits per heavy atom. The largest absolute Gasteiger partial charge is 0.508 e. The highest BCUT2D eigenvalue weighted by Crippen LogP contribution is 2.35. The maximum Gasteiger partial charge on any atom is 0.408 e. The molecule has 10 heteroatoms. The van der Waals surface area contributed by atoms with E-state index in [4.69, 9.17) is 10.5 Å². The highest BCUT2D eigenvalue weighted by atomic mass is 16.6. The summed E-state index contributed by atoms with van der Waals surface area (Å²) in [6.07, 6.45) is 3.68. The fourth-order valence-electron chi connectivity index (χ4n) is 4.18. The van der Waals surface area contributed by atoms with Crippen LogP contribution in [0.4, 0.5) is 4.79 Å². The van der Waals surface area contributed by atoms with E-state index in [1.54, 1.807) is 39.8 Å². The third kappa shape index (κ3) is 8.94. The summed E-state index contributed by atoms with van der Waals surface area (Å²) in [6.45, 7) is 9.29. The predicted molar refractivity (Wildman–Crippen MR) is 140 cm³/mol. The van der Waals surface area contributed by atoms with Crippen molar-refractivity contribution >= 4 is 23.8 Å². The molecule has 5 N–H and O–H groups in total. The lowest BCUT2D eigenvalue weighted by Crippen LogP contribution is -2.58. The molecule has 2 unspecified atom stereocenters. The van der Waals surface area contributed by atoms with Gasteiger partial charge < -0.3 is 31.1 Å². The third-order valence-electron chi connectivity index (χ3n) is 6.26. The zero-order valence-corrected chi connectivity index (χ0v) is 22.6. The molecule has 2 rings (SSSR count). The van der Waals surface area contributed by atoms with Crippen LogP contribution in [-0.4, -0.2) is 58.1 Å². The minimum absolute atomic E-state index is 0.0746. The number of ether oxygens (including phenoxy) is 1. The van der Waals surface area contributed by atoms with Crippen LogP contribution in [0.5, 0.6) is 5.75 Å². The second-order valence-corrected chi connectivity index (χ2v) is 10.6. The van der Waals surface area contributed by atoms with E-state index in [-0.39, 0.29) is 17.7 Å². The van der Waals surface area contributed by atoms with Crippen molar-refractivity contribution in [3.8, 4) is 5.75 Å². The SMILES string of the molecule is CCCCCNC(=O)C(c1ccc(O)c(C)c1)N(C(=O)C(CC(N)=O)NC(=O)OC(C)(C)C)C1CCC1. The minimum atomic E-state index is -1.30. The quantitative estimate of drug-likeness (QED) is 0.312. The van der Waals surface area contributed by atoms with Crippen LogP contribution in [-0.2, 0) is 19.1 Å². The smallest absolute Gasteiger partial charge is 0.408 e. The second-order valence-electron chi connectivity index (χ2n) is 10.6. The monoisotopic (exact) mass is 518 g/mol. The van der Waals surface area contributed by atoms with Gasteiger partial charge in [0.25, 0.3) is 0 Å². The van der Waals surface area contributed by atoms with Gasteiger partial charge in [-0.05, 0) is 76.6 Å². The van der Waals surface area contributed by atoms with Gasteiger partial charge in [0.15, 0.2) is 0 Å². The molecule has 1 aromatic carbocycles. The molecule has 1 aliphatic rings. The lowest BCUT2D eigenvalue weighted by Gasteiger charge is -2.43. The van der Waals surface area contributed by atoms with E-state index in [1.807, 2.05) is 0 Å². The van der Waals surface area contributed by atoms with Crippen molar-refractivity contribution in [2.45, 2.75) is 103 Å². The van der Waals surface area contributed by atoms with E-state index < -0.39 is 42.0 Å². The first-order chi connectivity index (χ1) is 17.3. The second kappa shape index (κ2) is 13.3. The summed E-state index contributed by atoms with van der Waals surface area (Å²) in [5.74, 6) is -1.65. The molecule has 206 valence electrons. The lowest BCUT2D eigenvalue weighted by atomic mass is 9.87. The number of amides is 4. The molecule has 0 heterocycles. The number of alkyl carbamates (subject to hydrolysis) is 1. The highest BCUT2D eigenvalue weighted by Gasteiger charge is 2.42. The number of nitrogens with zero attached hydrogens (tertiary/aromatic N) is 1. The van der Waals surface area contributed by atoms with Crippen molar-refractivity contribution in [1.82, 2.24) is 15.5 Å². The number of phenols is 1. The number of aromatic hydroxyl groups is 1. The van der Waals surface area contributed by atoms with Crippen LogP contribution in [0.2, 0.25) is 0 Å². The Morgan fingerprint density at radius 1 is 1.19 bits per heavy atom. The molecule has 1 saturated carbocycles. The molecule has 0 aromatic heterocycles. The number of nitrogens with one attached hydrogen (secondary N) is 2. The summed E-state index contributed by atoms with van der Waals surface area (Å²) in [5.41, 5.74) is 5.69. The number of nitrogens with two attached hydrogens (primary N) is 1. The van der Waals surface area contributed by atoms with Crippen LogP contribution in [0.25, 0.3) is 0 Å². The molecule has 0 saturated heterocycles. The van der Waals surface area contributed by atoms with Crippen molar-refractivity contribution in [2.75, 3.05) is 6.54 Å². The van der Waals surface area contributed by atoms with Crippen LogP contribution < -0.4 is 16.4 Å². The average Bonchev–Trinajstić information content (AvgIpc) is 2.75. The van der Waals surface area contributed by atoms with Gasteiger partial charge in [-0.15, -0.1) is 0 Å². The van der Waals surface area contributed by atoms with E-state index in [1.165, 1.54) is 11.0 Å². The number of unbranched alkanes of at least 4 members (excludes halogenated alkanes) is 2. The van der Waals surface area contributed by atoms with Gasteiger partial charge in [-0.25, -0.2) is 4.79 Å². The number of hydrogen-bond acceptors (Lipinski definition) is 6. The molecule has 1 fully saturated rings. The van der Waals surface area contributed by atoms with Crippen molar-refractivity contribution in [3.63, 3.8) is 0 Å². The maximum atomic E-state index is 14.0. The average molecular weight is 519 g/mol. The molecule has 4 amide bonds. The van der Waals surface area contributed by atoms with E-state index >= 15 is 0 Å². The predicted octanol–water partition coefficient (Wildman–Crippen LogP) is 3.20. The van der Waals surface area contributed by atoms with Crippen molar-refractivity contribution in [1.29, 1.82) is 0 Å². The van der Waals surface area contributed by atoms with Gasteiger partial charge in [0.1, 0.15) is 23.4 Å². The summed E-state index contributed by atoms with van der Waals surface area (Å²) >= 11 is 0. The maximum absolute atomic E-state index is 14.0. The fraction of sp³-hybridized carbons (Fsp3) is 0.630. The van der Waals surface area contributed by atoms with Crippen LogP contribution in [0.15, 0.2) is 18.2 Å². The molecule has 0 radical (unpaired) electrons. The third-order valence-corrected chi connectivity index (χ3v) is 6.26. The van der Waals surface area contributed by atoms with Crippen molar-refractivity contribution in [3.05, 3.63) is 29.3 Å². The zero-order chi connectivity index (χ0) is 27.8. The van der Waals surface area contributed by atoms with Gasteiger partial charge in [-0.1, -0.05) is 25.8 Å². The van der Waals surface area contributed by atoms with Gasteiger partial charge in [0.2, 0.25) is 17.7 Å². The summed E-state index contributed by atoms with van der Waals surface area (Å²) in [6, 6.07) is 2.20. The zero-order valence-electron chi connectivity index (χ0n) is 22.6. The number of benzene rings is 1. The van der Waals surface area contributed by atoms with E-state index in [9.17, 15) is 24.3 Å². The number of hydrogen-bond donors (Lipinski definition) is 4. The first kappa shape index (κ1) is 29.9. The van der Waals surface area contributed by atoms with Gasteiger partial charge in [0.05, 0.1) is 6.42 Å². The lowest BCUT2D eigenvalue weighted by molar-refractivity contribution is -0.148. The van der Waals surface area contributed by atoms with Crippen LogP contribution in [0, 0.1) is 6.92 Å². The Hall–Kier alpha value is -3.30. The van der Waals surface area contributed by atoms with Crippen LogP contribution in [0.3, 0.4) is 0 Å². The molecular formula is C27H42N4O6. The standard InChI is InChI=1S/C27H42N4O6/c1-6-7-8-14-29-24(34)23(18-12-13-21(32)17(2)15-18)31(19-10-9-11-19)25(35)20(16-22(28)33)30-26(36)37-27(3,4)5/h12-13,15,19-20,23,32H,6-11,14,16H2,1-5H3,(H2,28,33)(H,29,34)(H,30,36). The van der Waals surface area contributed by atoms with Gasteiger partial charge in [-0.2, -0.15) is 0 Å². The van der Waals surface area contributed by atoms with Gasteiger partial charge in [0, 0.05) is 12.6 Å². The van der Waals surface area contributed by atoms with Gasteiger partial charge >= 0.3 is 6.09 Å². The summed E-state index contributed by atoms with van der Waals surface area (Å²) in [5, 5.41) is 15.5. The number of carbonyl (C=O) groups is 4. The number of primary amides is 1. The van der Waals surface area contributed by atoms with Crippen LogP contribution >= 0.6 is 0 Å². The Kier molecular flexibility index (Phi) is 10.8. The topological polar surface area (TPSA) is 151 Å². The number of rotatable bonds is 12. The molecule has 2 atom stereocenters. The summed E-state index contributed by atoms with van der Waals surface area (Å²) in [4.78, 5) is 53.4. The van der Waals surface area contributed by atoms with Crippen LogP contribution in [0.1, 0.15) is 89.8 Å². The number of carbonyl (C=O) groups excluding carboxylic acids is 4. The molecule has 1 aliphatic carbocycles. The molecule has 0 bridgehead atoms. The minimum Gasteiger partial charge on any atom is -0.508 e. The first-order valence-electron chi connectivity index (χ1n) is 13.0. The Morgan fingerprint density at radius 2 is 1.86 bits per heavy atom. The molecule has 10 nitrogen and oxygen atoms in total. The highest BCUT2D eigenvalue weighted by molar-refractivity contribution is 5.94. The Bertz CT molecular complexity index is 970. The Balaban J connectivity index is 2.47. The summed E-state index contributed by atoms with van der Waals surface area (Å²) in [7, 11) is 0. The van der Waals surface area contributed by atoms with Crippen molar-refractivity contribution < 1.29 is 29.0 Å². The first-order valence-corrected chi connectivity index (χ1v) is 13.0. The molecule has 0 spiro atoms. The van der Waals surface area contributed by atoms with Gasteiger partial charge in [-0.3, -0.25) is 14.4 Å². The molecule has 1 aromatic rings. The summed E-state index contributed by atoms with van der Waals surface area (Å²) < 4.78 is 5.30. The number of aryl methyl sites for hydroxylation is 1. The normalized spacial score (nSPS) is 15.2. The van der Waals surface area contributed by atoms with Crippen molar-refractivity contribution in [2.24, 2.45) is 5.73 Å². The van der Waals surface area contributed by atoms with E-state index in [0.29, 0.717) is 30.5 Å². The van der Waals surface area contributed by atoms with E-state index in [2.05, 4.69) is 17.6 Å². The van der Waals surface area contributed by atoms with E-state index in [0.717, 1.165) is 25.7 Å². The molecule has 0 aliphatic heterocycles.